The van der Waals surface area contributed by atoms with E-state index in [1.165, 1.54) is 29.3 Å². The van der Waals surface area contributed by atoms with Gasteiger partial charge < -0.3 is 0 Å². The summed E-state index contributed by atoms with van der Waals surface area (Å²) in [7, 11) is 0. The Kier molecular flexibility index (Phi) is 2.23. The summed E-state index contributed by atoms with van der Waals surface area (Å²) in [6.07, 6.45) is 3.79. The molecule has 0 bridgehead atoms. The second-order valence-corrected chi connectivity index (χ2v) is 5.03. The summed E-state index contributed by atoms with van der Waals surface area (Å²) in [4.78, 5) is 0. The Morgan fingerprint density at radius 3 is 2.92 bits per heavy atom. The Labute approximate surface area is 88.5 Å². The molecule has 0 radical (unpaired) electrons. The van der Waals surface area contributed by atoms with Crippen molar-refractivity contribution in [3.8, 4) is 0 Å². The molecular formula is C12H15Br. The highest BCUT2D eigenvalue weighted by molar-refractivity contribution is 9.10. The van der Waals surface area contributed by atoms with Gasteiger partial charge in [-0.2, -0.15) is 0 Å². The van der Waals surface area contributed by atoms with Crippen LogP contribution in [-0.4, -0.2) is 0 Å². The highest BCUT2D eigenvalue weighted by Crippen LogP contribution is 2.43. The first-order chi connectivity index (χ1) is 6.17. The molecule has 0 aliphatic heterocycles. The second-order valence-electron chi connectivity index (χ2n) is 4.18. The molecule has 0 fully saturated rings. The first-order valence-electron chi connectivity index (χ1n) is 4.95. The number of benzene rings is 1. The zero-order chi connectivity index (χ0) is 9.47. The lowest BCUT2D eigenvalue weighted by Gasteiger charge is -2.23. The Hall–Kier alpha value is -0.300. The Balaban J connectivity index is 2.55. The van der Waals surface area contributed by atoms with Crippen LogP contribution in [0.4, 0.5) is 0 Å². The van der Waals surface area contributed by atoms with Gasteiger partial charge in [0.25, 0.3) is 0 Å². The van der Waals surface area contributed by atoms with Crippen molar-refractivity contribution in [1.82, 2.24) is 0 Å². The van der Waals surface area contributed by atoms with E-state index in [-0.39, 0.29) is 0 Å². The standard InChI is InChI=1S/C12H15Br/c1-3-12(2)8-7-9-10(12)5-4-6-11(9)13/h4-6H,3,7-8H2,1-2H3/t12-/m1/s1. The van der Waals surface area contributed by atoms with E-state index in [0.717, 1.165) is 0 Å². The summed E-state index contributed by atoms with van der Waals surface area (Å²) >= 11 is 3.63. The maximum absolute atomic E-state index is 3.63. The van der Waals surface area contributed by atoms with Crippen molar-refractivity contribution in [2.75, 3.05) is 0 Å². The highest BCUT2D eigenvalue weighted by atomic mass is 79.9. The smallest absolute Gasteiger partial charge is 0.0210 e. The zero-order valence-electron chi connectivity index (χ0n) is 8.23. The van der Waals surface area contributed by atoms with Crippen molar-refractivity contribution in [2.24, 2.45) is 0 Å². The fourth-order valence-corrected chi connectivity index (χ4v) is 2.85. The molecule has 0 heterocycles. The maximum atomic E-state index is 3.63. The predicted molar refractivity (Wildman–Crippen MR) is 60.1 cm³/mol. The number of hydrogen-bond donors (Lipinski definition) is 0. The molecular weight excluding hydrogens is 224 g/mol. The number of rotatable bonds is 1. The van der Waals surface area contributed by atoms with E-state index in [4.69, 9.17) is 0 Å². The van der Waals surface area contributed by atoms with Gasteiger partial charge in [-0.3, -0.25) is 0 Å². The molecule has 0 saturated carbocycles. The average molecular weight is 239 g/mol. The van der Waals surface area contributed by atoms with Crippen LogP contribution < -0.4 is 0 Å². The van der Waals surface area contributed by atoms with Gasteiger partial charge in [0.1, 0.15) is 0 Å². The Bertz CT molecular complexity index is 330. The van der Waals surface area contributed by atoms with E-state index in [1.54, 1.807) is 5.56 Å². The largest absolute Gasteiger partial charge is 0.0645 e. The van der Waals surface area contributed by atoms with Gasteiger partial charge in [-0.25, -0.2) is 0 Å². The third kappa shape index (κ3) is 1.34. The summed E-state index contributed by atoms with van der Waals surface area (Å²) in [5.41, 5.74) is 3.52. The van der Waals surface area contributed by atoms with E-state index in [9.17, 15) is 0 Å². The molecule has 0 unspecified atom stereocenters. The van der Waals surface area contributed by atoms with Crippen molar-refractivity contribution >= 4 is 15.9 Å². The molecule has 13 heavy (non-hydrogen) atoms. The fourth-order valence-electron chi connectivity index (χ4n) is 2.28. The van der Waals surface area contributed by atoms with Crippen LogP contribution in [0, 0.1) is 0 Å². The van der Waals surface area contributed by atoms with E-state index in [0.29, 0.717) is 5.41 Å². The molecule has 1 aliphatic carbocycles. The Morgan fingerprint density at radius 2 is 2.23 bits per heavy atom. The van der Waals surface area contributed by atoms with Crippen LogP contribution in [0.1, 0.15) is 37.8 Å². The van der Waals surface area contributed by atoms with Crippen LogP contribution in [0.15, 0.2) is 22.7 Å². The molecule has 0 aromatic heterocycles. The van der Waals surface area contributed by atoms with E-state index in [1.807, 2.05) is 0 Å². The lowest BCUT2D eigenvalue weighted by molar-refractivity contribution is 0.453. The van der Waals surface area contributed by atoms with E-state index >= 15 is 0 Å². The summed E-state index contributed by atoms with van der Waals surface area (Å²) in [6.45, 7) is 4.67. The molecule has 1 aromatic carbocycles. The van der Waals surface area contributed by atoms with Crippen LogP contribution >= 0.6 is 15.9 Å². The molecule has 70 valence electrons. The van der Waals surface area contributed by atoms with E-state index in [2.05, 4.69) is 48.0 Å². The first-order valence-corrected chi connectivity index (χ1v) is 5.74. The fraction of sp³-hybridized carbons (Fsp3) is 0.500. The van der Waals surface area contributed by atoms with Crippen molar-refractivity contribution in [2.45, 2.75) is 38.5 Å². The number of hydrogen-bond acceptors (Lipinski definition) is 0. The molecule has 1 aliphatic rings. The summed E-state index contributed by atoms with van der Waals surface area (Å²) in [5, 5.41) is 0. The van der Waals surface area contributed by atoms with Gasteiger partial charge in [0.2, 0.25) is 0 Å². The third-order valence-electron chi connectivity index (χ3n) is 3.48. The summed E-state index contributed by atoms with van der Waals surface area (Å²) in [5.74, 6) is 0. The van der Waals surface area contributed by atoms with Crippen LogP contribution in [0.2, 0.25) is 0 Å². The van der Waals surface area contributed by atoms with Gasteiger partial charge in [0.05, 0.1) is 0 Å². The quantitative estimate of drug-likeness (QED) is 0.693. The molecule has 0 nitrogen and oxygen atoms in total. The Morgan fingerprint density at radius 1 is 1.46 bits per heavy atom. The monoisotopic (exact) mass is 238 g/mol. The minimum atomic E-state index is 0.430. The van der Waals surface area contributed by atoms with Gasteiger partial charge in [0.15, 0.2) is 0 Å². The van der Waals surface area contributed by atoms with Crippen molar-refractivity contribution in [3.63, 3.8) is 0 Å². The van der Waals surface area contributed by atoms with Gasteiger partial charge >= 0.3 is 0 Å². The van der Waals surface area contributed by atoms with Gasteiger partial charge in [-0.05, 0) is 41.9 Å². The van der Waals surface area contributed by atoms with Gasteiger partial charge in [0, 0.05) is 4.47 Å². The normalized spacial score (nSPS) is 26.1. The maximum Gasteiger partial charge on any atom is 0.0210 e. The van der Waals surface area contributed by atoms with Gasteiger partial charge in [-0.15, -0.1) is 0 Å². The number of fused-ring (bicyclic) bond motifs is 1. The minimum Gasteiger partial charge on any atom is -0.0645 e. The minimum absolute atomic E-state index is 0.430. The SMILES string of the molecule is CC[C@]1(C)CCc2c(Br)cccc21. The molecule has 0 N–H and O–H groups in total. The second kappa shape index (κ2) is 3.13. The third-order valence-corrected chi connectivity index (χ3v) is 4.22. The average Bonchev–Trinajstić information content (AvgIpc) is 2.47. The van der Waals surface area contributed by atoms with Crippen molar-refractivity contribution < 1.29 is 0 Å². The highest BCUT2D eigenvalue weighted by Gasteiger charge is 2.33. The lowest BCUT2D eigenvalue weighted by atomic mass is 9.82. The van der Waals surface area contributed by atoms with Gasteiger partial charge in [-0.1, -0.05) is 41.9 Å². The van der Waals surface area contributed by atoms with Crippen molar-refractivity contribution in [3.05, 3.63) is 33.8 Å². The molecule has 0 amide bonds. The van der Waals surface area contributed by atoms with Crippen molar-refractivity contribution in [1.29, 1.82) is 0 Å². The summed E-state index contributed by atoms with van der Waals surface area (Å²) < 4.78 is 1.29. The van der Waals surface area contributed by atoms with Crippen LogP contribution in [0.25, 0.3) is 0 Å². The molecule has 0 spiro atoms. The van der Waals surface area contributed by atoms with Crippen LogP contribution in [0.5, 0.6) is 0 Å². The molecule has 1 atom stereocenters. The number of halogens is 1. The predicted octanol–water partition coefficient (Wildman–Crippen LogP) is 4.06. The summed E-state index contributed by atoms with van der Waals surface area (Å²) in [6, 6.07) is 6.60. The molecule has 1 aromatic rings. The van der Waals surface area contributed by atoms with Crippen LogP contribution in [-0.2, 0) is 11.8 Å². The molecule has 0 saturated heterocycles. The topological polar surface area (TPSA) is 0 Å². The molecule has 2 rings (SSSR count). The molecule has 1 heteroatoms. The lowest BCUT2D eigenvalue weighted by Crippen LogP contribution is -2.16. The van der Waals surface area contributed by atoms with Crippen LogP contribution in [0.3, 0.4) is 0 Å². The first kappa shape index (κ1) is 9.26. The zero-order valence-corrected chi connectivity index (χ0v) is 9.82. The van der Waals surface area contributed by atoms with E-state index < -0.39 is 0 Å².